The molecule has 0 amide bonds. The number of hydrogen-bond acceptors (Lipinski definition) is 4. The van der Waals surface area contributed by atoms with Crippen molar-refractivity contribution in [1.82, 2.24) is 0 Å². The van der Waals surface area contributed by atoms with Gasteiger partial charge < -0.3 is 10.5 Å². The smallest absolute Gasteiger partial charge is 0.311 e. The highest BCUT2D eigenvalue weighted by Gasteiger charge is 2.18. The van der Waals surface area contributed by atoms with Crippen LogP contribution in [0.15, 0.2) is 30.3 Å². The van der Waals surface area contributed by atoms with Crippen LogP contribution >= 0.6 is 0 Å². The largest absolute Gasteiger partial charge is 0.427 e. The first-order chi connectivity index (χ1) is 8.50. The lowest BCUT2D eigenvalue weighted by atomic mass is 9.99. The fraction of sp³-hybridized carbons (Fsp3) is 0.429. The second-order valence-electron chi connectivity index (χ2n) is 4.49. The molecule has 0 heterocycles. The number of esters is 1. The summed E-state index contributed by atoms with van der Waals surface area (Å²) in [4.78, 5) is 23.1. The van der Waals surface area contributed by atoms with Crippen LogP contribution in [0.1, 0.15) is 26.7 Å². The van der Waals surface area contributed by atoms with E-state index in [1.807, 2.05) is 6.07 Å². The summed E-state index contributed by atoms with van der Waals surface area (Å²) in [6.07, 6.45) is 0.469. The summed E-state index contributed by atoms with van der Waals surface area (Å²) in [5.41, 5.74) is 5.70. The van der Waals surface area contributed by atoms with Crippen molar-refractivity contribution in [1.29, 1.82) is 0 Å². The van der Waals surface area contributed by atoms with Crippen molar-refractivity contribution in [3.8, 4) is 5.75 Å². The standard InChI is InChI=1S/C14H19NO3/c1-10(2)14(17)12(15)8-9-13(16)18-11-6-4-3-5-7-11/h3-7,10,12H,8-9,15H2,1-2H3. The number of benzene rings is 1. The molecule has 0 saturated carbocycles. The second kappa shape index (κ2) is 6.91. The van der Waals surface area contributed by atoms with Gasteiger partial charge >= 0.3 is 5.97 Å². The molecule has 0 aliphatic heterocycles. The lowest BCUT2D eigenvalue weighted by Gasteiger charge is -2.12. The van der Waals surface area contributed by atoms with E-state index in [1.165, 1.54) is 0 Å². The van der Waals surface area contributed by atoms with Gasteiger partial charge in [0.25, 0.3) is 0 Å². The minimum absolute atomic E-state index is 0.0255. The van der Waals surface area contributed by atoms with Gasteiger partial charge in [-0.3, -0.25) is 9.59 Å². The molecule has 1 aromatic rings. The van der Waals surface area contributed by atoms with Crippen molar-refractivity contribution in [2.75, 3.05) is 0 Å². The van der Waals surface area contributed by atoms with Crippen molar-refractivity contribution in [3.05, 3.63) is 30.3 Å². The van der Waals surface area contributed by atoms with Gasteiger partial charge in [0, 0.05) is 12.3 Å². The summed E-state index contributed by atoms with van der Waals surface area (Å²) in [6.45, 7) is 3.59. The van der Waals surface area contributed by atoms with Crippen LogP contribution in [0.25, 0.3) is 0 Å². The maximum Gasteiger partial charge on any atom is 0.311 e. The van der Waals surface area contributed by atoms with E-state index in [1.54, 1.807) is 38.1 Å². The predicted octanol–water partition coefficient (Wildman–Crippen LogP) is 1.92. The van der Waals surface area contributed by atoms with Crippen molar-refractivity contribution in [3.63, 3.8) is 0 Å². The van der Waals surface area contributed by atoms with Gasteiger partial charge in [-0.15, -0.1) is 0 Å². The monoisotopic (exact) mass is 249 g/mol. The Morgan fingerprint density at radius 2 is 1.83 bits per heavy atom. The van der Waals surface area contributed by atoms with Crippen molar-refractivity contribution in [2.24, 2.45) is 11.7 Å². The molecule has 0 aliphatic rings. The third kappa shape index (κ3) is 4.67. The van der Waals surface area contributed by atoms with E-state index in [2.05, 4.69) is 0 Å². The highest BCUT2D eigenvalue weighted by Crippen LogP contribution is 2.11. The number of para-hydroxylation sites is 1. The van der Waals surface area contributed by atoms with Gasteiger partial charge in [0.15, 0.2) is 5.78 Å². The molecule has 98 valence electrons. The molecule has 1 aromatic carbocycles. The Kier molecular flexibility index (Phi) is 5.52. The molecule has 0 bridgehead atoms. The molecule has 0 aliphatic carbocycles. The number of carbonyl (C=O) groups excluding carboxylic acids is 2. The first-order valence-corrected chi connectivity index (χ1v) is 6.05. The lowest BCUT2D eigenvalue weighted by Crippen LogP contribution is -2.34. The van der Waals surface area contributed by atoms with Gasteiger partial charge in [0.05, 0.1) is 6.04 Å². The summed E-state index contributed by atoms with van der Waals surface area (Å²) < 4.78 is 5.10. The summed E-state index contributed by atoms with van der Waals surface area (Å²) in [5, 5.41) is 0. The molecule has 0 radical (unpaired) electrons. The van der Waals surface area contributed by atoms with Gasteiger partial charge in [0.1, 0.15) is 5.75 Å². The van der Waals surface area contributed by atoms with Gasteiger partial charge in [-0.1, -0.05) is 32.0 Å². The molecule has 4 heteroatoms. The third-order valence-electron chi connectivity index (χ3n) is 2.57. The van der Waals surface area contributed by atoms with E-state index in [0.29, 0.717) is 12.2 Å². The van der Waals surface area contributed by atoms with Crippen molar-refractivity contribution >= 4 is 11.8 Å². The molecule has 4 nitrogen and oxygen atoms in total. The highest BCUT2D eigenvalue weighted by atomic mass is 16.5. The molecule has 18 heavy (non-hydrogen) atoms. The zero-order valence-electron chi connectivity index (χ0n) is 10.8. The van der Waals surface area contributed by atoms with Crippen molar-refractivity contribution in [2.45, 2.75) is 32.7 Å². The quantitative estimate of drug-likeness (QED) is 0.617. The summed E-state index contributed by atoms with van der Waals surface area (Å²) in [6, 6.07) is 8.24. The Balaban J connectivity index is 2.36. The maximum absolute atomic E-state index is 11.5. The van der Waals surface area contributed by atoms with Crippen LogP contribution in [-0.2, 0) is 9.59 Å². The SMILES string of the molecule is CC(C)C(=O)C(N)CCC(=O)Oc1ccccc1. The number of hydrogen-bond donors (Lipinski definition) is 1. The van der Waals surface area contributed by atoms with Crippen molar-refractivity contribution < 1.29 is 14.3 Å². The number of carbonyl (C=O) groups is 2. The Hall–Kier alpha value is -1.68. The molecule has 1 unspecified atom stereocenters. The molecule has 2 N–H and O–H groups in total. The van der Waals surface area contributed by atoms with E-state index in [4.69, 9.17) is 10.5 Å². The number of Topliss-reactive ketones (excluding diaryl/α,β-unsaturated/α-hetero) is 1. The van der Waals surface area contributed by atoms with E-state index in [-0.39, 0.29) is 24.1 Å². The zero-order valence-corrected chi connectivity index (χ0v) is 10.8. The van der Waals surface area contributed by atoms with E-state index in [9.17, 15) is 9.59 Å². The van der Waals surface area contributed by atoms with Crippen LogP contribution in [-0.4, -0.2) is 17.8 Å². The predicted molar refractivity (Wildman–Crippen MR) is 69.1 cm³/mol. The van der Waals surface area contributed by atoms with Crippen LogP contribution < -0.4 is 10.5 Å². The first-order valence-electron chi connectivity index (χ1n) is 6.05. The minimum Gasteiger partial charge on any atom is -0.427 e. The van der Waals surface area contributed by atoms with Crippen LogP contribution in [0.3, 0.4) is 0 Å². The Morgan fingerprint density at radius 3 is 2.39 bits per heavy atom. The van der Waals surface area contributed by atoms with Crippen LogP contribution in [0, 0.1) is 5.92 Å². The zero-order chi connectivity index (χ0) is 13.5. The Morgan fingerprint density at radius 1 is 1.22 bits per heavy atom. The van der Waals surface area contributed by atoms with Crippen LogP contribution in [0.5, 0.6) is 5.75 Å². The number of ketones is 1. The molecule has 0 fully saturated rings. The number of nitrogens with two attached hydrogens (primary N) is 1. The second-order valence-corrected chi connectivity index (χ2v) is 4.49. The minimum atomic E-state index is -0.590. The first kappa shape index (κ1) is 14.4. The lowest BCUT2D eigenvalue weighted by molar-refractivity contribution is -0.134. The summed E-state index contributed by atoms with van der Waals surface area (Å²) in [7, 11) is 0. The molecular weight excluding hydrogens is 230 g/mol. The maximum atomic E-state index is 11.5. The summed E-state index contributed by atoms with van der Waals surface area (Å²) in [5.74, 6) is 0.00659. The van der Waals surface area contributed by atoms with Gasteiger partial charge in [-0.2, -0.15) is 0 Å². The summed E-state index contributed by atoms with van der Waals surface area (Å²) >= 11 is 0. The van der Waals surface area contributed by atoms with Gasteiger partial charge in [-0.25, -0.2) is 0 Å². The van der Waals surface area contributed by atoms with Crippen LogP contribution in [0.4, 0.5) is 0 Å². The highest BCUT2D eigenvalue weighted by molar-refractivity contribution is 5.86. The van der Waals surface area contributed by atoms with E-state index >= 15 is 0 Å². The fourth-order valence-electron chi connectivity index (χ4n) is 1.51. The molecule has 1 rings (SSSR count). The third-order valence-corrected chi connectivity index (χ3v) is 2.57. The molecule has 1 atom stereocenters. The molecule has 0 saturated heterocycles. The average molecular weight is 249 g/mol. The van der Waals surface area contributed by atoms with Gasteiger partial charge in [0.2, 0.25) is 0 Å². The molecular formula is C14H19NO3. The normalized spacial score (nSPS) is 12.2. The number of rotatable bonds is 6. The Bertz CT molecular complexity index is 401. The fourth-order valence-corrected chi connectivity index (χ4v) is 1.51. The topological polar surface area (TPSA) is 69.4 Å². The van der Waals surface area contributed by atoms with Gasteiger partial charge in [-0.05, 0) is 18.6 Å². The average Bonchev–Trinajstić information content (AvgIpc) is 2.36. The van der Waals surface area contributed by atoms with E-state index < -0.39 is 6.04 Å². The molecule has 0 spiro atoms. The van der Waals surface area contributed by atoms with E-state index in [0.717, 1.165) is 0 Å². The Labute approximate surface area is 107 Å². The molecule has 0 aromatic heterocycles. The van der Waals surface area contributed by atoms with Crippen LogP contribution in [0.2, 0.25) is 0 Å². The number of ether oxygens (including phenoxy) is 1.